The van der Waals surface area contributed by atoms with Gasteiger partial charge >= 0.3 is 0 Å². The van der Waals surface area contributed by atoms with E-state index in [1.165, 1.54) is 5.56 Å². The summed E-state index contributed by atoms with van der Waals surface area (Å²) in [5.41, 5.74) is 2.24. The van der Waals surface area contributed by atoms with Gasteiger partial charge in [-0.05, 0) is 30.7 Å². The molecule has 0 aliphatic carbocycles. The quantitative estimate of drug-likeness (QED) is 0.838. The van der Waals surface area contributed by atoms with E-state index in [4.69, 9.17) is 9.47 Å². The molecule has 2 aromatic carbocycles. The molecule has 0 N–H and O–H groups in total. The predicted octanol–water partition coefficient (Wildman–Crippen LogP) is 2.76. The lowest BCUT2D eigenvalue weighted by molar-refractivity contribution is -0.142. The van der Waals surface area contributed by atoms with Crippen molar-refractivity contribution in [1.29, 1.82) is 0 Å². The number of hydrogen-bond donors (Lipinski definition) is 0. The topological polar surface area (TPSA) is 42.0 Å². The summed E-state index contributed by atoms with van der Waals surface area (Å²) in [4.78, 5) is 17.7. The van der Waals surface area contributed by atoms with Crippen molar-refractivity contribution in [2.45, 2.75) is 12.5 Å². The molecule has 2 aromatic rings. The van der Waals surface area contributed by atoms with Crippen molar-refractivity contribution < 1.29 is 14.3 Å². The molecular formula is C22H26N2O3. The highest BCUT2D eigenvalue weighted by Crippen LogP contribution is 2.37. The van der Waals surface area contributed by atoms with Crippen molar-refractivity contribution in [3.8, 4) is 11.5 Å². The second kappa shape index (κ2) is 7.61. The molecule has 27 heavy (non-hydrogen) atoms. The van der Waals surface area contributed by atoms with Crippen LogP contribution < -0.4 is 9.47 Å². The molecule has 0 bridgehead atoms. The number of methoxy groups -OCH3 is 1. The Morgan fingerprint density at radius 3 is 2.70 bits per heavy atom. The second-order valence-electron chi connectivity index (χ2n) is 7.38. The number of ether oxygens (including phenoxy) is 2. The average molecular weight is 366 g/mol. The average Bonchev–Trinajstić information content (AvgIpc) is 2.73. The molecule has 2 heterocycles. The summed E-state index contributed by atoms with van der Waals surface area (Å²) in [6.07, 6.45) is 0.694. The van der Waals surface area contributed by atoms with E-state index in [9.17, 15) is 4.79 Å². The van der Waals surface area contributed by atoms with Gasteiger partial charge in [-0.3, -0.25) is 4.79 Å². The van der Waals surface area contributed by atoms with Crippen molar-refractivity contribution in [1.82, 2.24) is 9.80 Å². The Hall–Kier alpha value is -2.53. The number of likely N-dealkylation sites (N-methyl/N-ethyl adjacent to an activating group) is 1. The highest BCUT2D eigenvalue weighted by molar-refractivity contribution is 5.80. The van der Waals surface area contributed by atoms with Crippen LogP contribution in [0.2, 0.25) is 0 Å². The Bertz CT molecular complexity index is 808. The summed E-state index contributed by atoms with van der Waals surface area (Å²) in [6, 6.07) is 16.3. The molecule has 0 unspecified atom stereocenters. The van der Waals surface area contributed by atoms with Gasteiger partial charge < -0.3 is 19.3 Å². The number of rotatable bonds is 3. The van der Waals surface area contributed by atoms with Crippen LogP contribution in [-0.4, -0.2) is 56.1 Å². The van der Waals surface area contributed by atoms with E-state index in [-0.39, 0.29) is 17.9 Å². The summed E-state index contributed by atoms with van der Waals surface area (Å²) in [5, 5.41) is 0. The van der Waals surface area contributed by atoms with E-state index < -0.39 is 0 Å². The van der Waals surface area contributed by atoms with Gasteiger partial charge in [0.05, 0.1) is 19.1 Å². The minimum atomic E-state index is -0.153. The van der Waals surface area contributed by atoms with E-state index in [1.807, 2.05) is 36.4 Å². The highest BCUT2D eigenvalue weighted by atomic mass is 16.5. The van der Waals surface area contributed by atoms with Crippen LogP contribution in [0.1, 0.15) is 17.2 Å². The van der Waals surface area contributed by atoms with Gasteiger partial charge in [0.25, 0.3) is 0 Å². The first kappa shape index (κ1) is 17.9. The zero-order chi connectivity index (χ0) is 18.8. The number of nitrogens with zero attached hydrogens (tertiary/aromatic N) is 2. The van der Waals surface area contributed by atoms with Gasteiger partial charge in [0, 0.05) is 19.6 Å². The molecule has 1 fully saturated rings. The maximum Gasteiger partial charge on any atom is 0.230 e. The van der Waals surface area contributed by atoms with Crippen molar-refractivity contribution >= 4 is 5.91 Å². The monoisotopic (exact) mass is 366 g/mol. The molecule has 0 radical (unpaired) electrons. The molecular weight excluding hydrogens is 340 g/mol. The number of benzene rings is 2. The Kier molecular flexibility index (Phi) is 5.03. The molecule has 2 aliphatic rings. The van der Waals surface area contributed by atoms with Crippen LogP contribution in [0.5, 0.6) is 11.5 Å². The van der Waals surface area contributed by atoms with Gasteiger partial charge in [0.15, 0.2) is 11.5 Å². The maximum atomic E-state index is 13.4. The first-order valence-electron chi connectivity index (χ1n) is 9.50. The molecule has 142 valence electrons. The van der Waals surface area contributed by atoms with E-state index in [0.29, 0.717) is 13.0 Å². The highest BCUT2D eigenvalue weighted by Gasteiger charge is 2.36. The fourth-order valence-corrected chi connectivity index (χ4v) is 4.09. The fourth-order valence-electron chi connectivity index (χ4n) is 4.09. The fraction of sp³-hybridized carbons (Fsp3) is 0.409. The van der Waals surface area contributed by atoms with Crippen molar-refractivity contribution in [2.24, 2.45) is 5.92 Å². The van der Waals surface area contributed by atoms with Crippen LogP contribution in [0.4, 0.5) is 0 Å². The summed E-state index contributed by atoms with van der Waals surface area (Å²) < 4.78 is 11.3. The molecule has 2 aliphatic heterocycles. The Morgan fingerprint density at radius 2 is 1.93 bits per heavy atom. The number of para-hydroxylation sites is 1. The van der Waals surface area contributed by atoms with Crippen molar-refractivity contribution in [2.75, 3.05) is 40.4 Å². The summed E-state index contributed by atoms with van der Waals surface area (Å²) in [7, 11) is 3.76. The normalized spacial score (nSPS) is 22.7. The lowest BCUT2D eigenvalue weighted by Crippen LogP contribution is -2.52. The van der Waals surface area contributed by atoms with Crippen LogP contribution >= 0.6 is 0 Å². The molecule has 0 spiro atoms. The van der Waals surface area contributed by atoms with Crippen LogP contribution in [0.3, 0.4) is 0 Å². The van der Waals surface area contributed by atoms with Crippen LogP contribution in [-0.2, 0) is 11.2 Å². The number of carbonyl (C=O) groups excluding carboxylic acids is 1. The van der Waals surface area contributed by atoms with Gasteiger partial charge in [-0.25, -0.2) is 0 Å². The Morgan fingerprint density at radius 1 is 1.11 bits per heavy atom. The largest absolute Gasteiger partial charge is 0.493 e. The van der Waals surface area contributed by atoms with Crippen LogP contribution in [0.25, 0.3) is 0 Å². The minimum Gasteiger partial charge on any atom is -0.493 e. The van der Waals surface area contributed by atoms with Gasteiger partial charge in [0.1, 0.15) is 6.61 Å². The Labute approximate surface area is 160 Å². The smallest absolute Gasteiger partial charge is 0.230 e. The van der Waals surface area contributed by atoms with Gasteiger partial charge in [-0.2, -0.15) is 0 Å². The third-order valence-electron chi connectivity index (χ3n) is 5.58. The van der Waals surface area contributed by atoms with Crippen LogP contribution in [0, 0.1) is 5.92 Å². The van der Waals surface area contributed by atoms with Gasteiger partial charge in [-0.1, -0.05) is 42.5 Å². The predicted molar refractivity (Wildman–Crippen MR) is 104 cm³/mol. The van der Waals surface area contributed by atoms with Crippen LogP contribution in [0.15, 0.2) is 48.5 Å². The first-order valence-corrected chi connectivity index (χ1v) is 9.50. The summed E-state index contributed by atoms with van der Waals surface area (Å²) >= 11 is 0. The number of piperazine rings is 1. The lowest BCUT2D eigenvalue weighted by Gasteiger charge is -2.42. The molecule has 0 aromatic heterocycles. The molecule has 0 saturated carbocycles. The molecule has 5 heteroatoms. The SMILES string of the molecule is COc1cccc2c1OC[C@H](C(=O)N1CCN(C)C[C@H]1c1ccccc1)C2. The number of carbonyl (C=O) groups is 1. The van der Waals surface area contributed by atoms with E-state index in [2.05, 4.69) is 29.0 Å². The first-order chi connectivity index (χ1) is 13.2. The number of amides is 1. The number of fused-ring (bicyclic) bond motifs is 1. The Balaban J connectivity index is 1.56. The molecule has 2 atom stereocenters. The second-order valence-corrected chi connectivity index (χ2v) is 7.38. The molecule has 4 rings (SSSR count). The standard InChI is InChI=1S/C22H26N2O3/c1-23-11-12-24(19(14-23)16-7-4-3-5-8-16)22(25)18-13-17-9-6-10-20(26-2)21(17)27-15-18/h3-10,18-19H,11-15H2,1-2H3/t18-,19+/m1/s1. The summed E-state index contributed by atoms with van der Waals surface area (Å²) in [5.74, 6) is 1.55. The van der Waals surface area contributed by atoms with Crippen molar-refractivity contribution in [3.63, 3.8) is 0 Å². The maximum absolute atomic E-state index is 13.4. The number of hydrogen-bond acceptors (Lipinski definition) is 4. The molecule has 1 amide bonds. The van der Waals surface area contributed by atoms with E-state index >= 15 is 0 Å². The van der Waals surface area contributed by atoms with E-state index in [0.717, 1.165) is 36.7 Å². The van der Waals surface area contributed by atoms with Gasteiger partial charge in [0.2, 0.25) is 5.91 Å². The molecule has 5 nitrogen and oxygen atoms in total. The summed E-state index contributed by atoms with van der Waals surface area (Å²) in [6.45, 7) is 2.90. The van der Waals surface area contributed by atoms with Gasteiger partial charge in [-0.15, -0.1) is 0 Å². The zero-order valence-electron chi connectivity index (χ0n) is 15.9. The zero-order valence-corrected chi connectivity index (χ0v) is 15.9. The van der Waals surface area contributed by atoms with E-state index in [1.54, 1.807) is 7.11 Å². The minimum absolute atomic E-state index is 0.0872. The lowest BCUT2D eigenvalue weighted by atomic mass is 9.93. The molecule has 1 saturated heterocycles. The third-order valence-corrected chi connectivity index (χ3v) is 5.58. The third kappa shape index (κ3) is 3.52. The van der Waals surface area contributed by atoms with Crippen molar-refractivity contribution in [3.05, 3.63) is 59.7 Å².